The van der Waals surface area contributed by atoms with Crippen LogP contribution in [0.2, 0.25) is 0 Å². The molecule has 0 radical (unpaired) electrons. The van der Waals surface area contributed by atoms with Gasteiger partial charge in [-0.25, -0.2) is 4.68 Å². The largest absolute Gasteiger partial charge is 0.350 e. The molecule has 1 saturated carbocycles. The summed E-state index contributed by atoms with van der Waals surface area (Å²) in [5.41, 5.74) is 0. The fourth-order valence-corrected chi connectivity index (χ4v) is 3.66. The minimum Gasteiger partial charge on any atom is -0.350 e. The summed E-state index contributed by atoms with van der Waals surface area (Å²) in [7, 11) is 0. The lowest BCUT2D eigenvalue weighted by Gasteiger charge is -2.31. The first-order valence-corrected chi connectivity index (χ1v) is 6.81. The van der Waals surface area contributed by atoms with Crippen LogP contribution in [0, 0.1) is 11.8 Å². The van der Waals surface area contributed by atoms with Gasteiger partial charge in [-0.05, 0) is 44.2 Å². The number of aromatic nitrogens is 3. The number of anilines is 1. The Balaban J connectivity index is 1.53. The summed E-state index contributed by atoms with van der Waals surface area (Å²) >= 11 is 0. The second kappa shape index (κ2) is 3.70. The zero-order chi connectivity index (χ0) is 11.2. The second-order valence-corrected chi connectivity index (χ2v) is 5.60. The monoisotopic (exact) mass is 233 g/mol. The summed E-state index contributed by atoms with van der Waals surface area (Å²) in [5.74, 6) is 3.57. The minimum absolute atomic E-state index is 0.597. The third-order valence-electron chi connectivity index (χ3n) is 4.55. The van der Waals surface area contributed by atoms with Crippen molar-refractivity contribution in [2.24, 2.45) is 11.8 Å². The van der Waals surface area contributed by atoms with Crippen LogP contribution in [0.4, 0.5) is 5.95 Å². The van der Waals surface area contributed by atoms with Gasteiger partial charge in [0.1, 0.15) is 5.82 Å². The van der Waals surface area contributed by atoms with Gasteiger partial charge in [-0.15, -0.1) is 5.10 Å². The van der Waals surface area contributed by atoms with Crippen LogP contribution in [-0.4, -0.2) is 33.9 Å². The number of nitrogens with zero attached hydrogens (tertiary/aromatic N) is 3. The van der Waals surface area contributed by atoms with E-state index in [1.54, 1.807) is 0 Å². The number of rotatable bonds is 2. The molecule has 2 N–H and O–H groups in total. The van der Waals surface area contributed by atoms with Crippen molar-refractivity contribution in [1.29, 1.82) is 0 Å². The Labute approximate surface area is 101 Å². The third-order valence-corrected chi connectivity index (χ3v) is 4.55. The summed E-state index contributed by atoms with van der Waals surface area (Å²) in [5, 5.41) is 11.7. The van der Waals surface area contributed by atoms with E-state index in [0.29, 0.717) is 6.04 Å². The van der Waals surface area contributed by atoms with Crippen molar-refractivity contribution in [3.63, 3.8) is 0 Å². The van der Waals surface area contributed by atoms with Crippen molar-refractivity contribution in [2.75, 3.05) is 18.4 Å². The number of hydrogen-bond donors (Lipinski definition) is 2. The molecule has 1 saturated heterocycles. The van der Waals surface area contributed by atoms with Crippen molar-refractivity contribution in [3.05, 3.63) is 5.82 Å². The normalized spacial score (nSPS) is 34.9. The van der Waals surface area contributed by atoms with Crippen molar-refractivity contribution < 1.29 is 0 Å². The standard InChI is InChI=1S/C12H19N5/c1-2-10-14-12(16-17(10)5-1)15-11-8-3-4-9(11)7-13-6-8/h8-9,11,13H,1-7H2,(H,15,16). The van der Waals surface area contributed by atoms with E-state index in [-0.39, 0.29) is 0 Å². The summed E-state index contributed by atoms with van der Waals surface area (Å²) in [6.45, 7) is 3.35. The van der Waals surface area contributed by atoms with E-state index in [4.69, 9.17) is 0 Å². The minimum atomic E-state index is 0.597. The van der Waals surface area contributed by atoms with Crippen molar-refractivity contribution in [3.8, 4) is 0 Å². The highest BCUT2D eigenvalue weighted by Gasteiger charge is 2.39. The summed E-state index contributed by atoms with van der Waals surface area (Å²) in [6.07, 6.45) is 4.99. The quantitative estimate of drug-likeness (QED) is 0.787. The van der Waals surface area contributed by atoms with Gasteiger partial charge in [0.15, 0.2) is 0 Å². The molecule has 0 amide bonds. The lowest BCUT2D eigenvalue weighted by Crippen LogP contribution is -2.45. The Kier molecular flexibility index (Phi) is 2.15. The zero-order valence-corrected chi connectivity index (χ0v) is 10.0. The fourth-order valence-electron chi connectivity index (χ4n) is 3.66. The highest BCUT2D eigenvalue weighted by atomic mass is 15.4. The number of nitrogens with one attached hydrogen (secondary N) is 2. The molecule has 17 heavy (non-hydrogen) atoms. The lowest BCUT2D eigenvalue weighted by molar-refractivity contribution is 0.341. The van der Waals surface area contributed by atoms with Crippen molar-refractivity contribution in [1.82, 2.24) is 20.1 Å². The summed E-state index contributed by atoms with van der Waals surface area (Å²) < 4.78 is 2.06. The zero-order valence-electron chi connectivity index (χ0n) is 10.0. The first-order valence-electron chi connectivity index (χ1n) is 6.81. The van der Waals surface area contributed by atoms with Gasteiger partial charge in [0.2, 0.25) is 5.95 Å². The van der Waals surface area contributed by atoms with E-state index in [9.17, 15) is 0 Å². The second-order valence-electron chi connectivity index (χ2n) is 5.60. The van der Waals surface area contributed by atoms with Gasteiger partial charge in [-0.3, -0.25) is 0 Å². The van der Waals surface area contributed by atoms with Gasteiger partial charge in [0.25, 0.3) is 0 Å². The number of hydrogen-bond acceptors (Lipinski definition) is 4. The van der Waals surface area contributed by atoms with Crippen molar-refractivity contribution in [2.45, 2.75) is 38.3 Å². The third kappa shape index (κ3) is 1.56. The van der Waals surface area contributed by atoms with E-state index in [0.717, 1.165) is 49.7 Å². The summed E-state index contributed by atoms with van der Waals surface area (Å²) in [6, 6.07) is 0.597. The molecular weight excluding hydrogens is 214 g/mol. The molecule has 2 unspecified atom stereocenters. The topological polar surface area (TPSA) is 54.8 Å². The van der Waals surface area contributed by atoms with Crippen LogP contribution in [-0.2, 0) is 13.0 Å². The van der Waals surface area contributed by atoms with Gasteiger partial charge in [-0.1, -0.05) is 0 Å². The molecule has 1 aromatic rings. The van der Waals surface area contributed by atoms with Crippen LogP contribution in [0.25, 0.3) is 0 Å². The molecule has 5 heteroatoms. The SMILES string of the molecule is C1Cc2nc(NC3C4CCC3CNC4)nn2C1. The molecule has 1 aromatic heterocycles. The molecule has 0 spiro atoms. The summed E-state index contributed by atoms with van der Waals surface area (Å²) in [4.78, 5) is 4.60. The number of aryl methyl sites for hydroxylation is 2. The maximum Gasteiger partial charge on any atom is 0.242 e. The van der Waals surface area contributed by atoms with Crippen LogP contribution in [0.15, 0.2) is 0 Å². The molecule has 2 atom stereocenters. The maximum atomic E-state index is 4.60. The molecule has 3 heterocycles. The van der Waals surface area contributed by atoms with Gasteiger partial charge in [-0.2, -0.15) is 4.98 Å². The highest BCUT2D eigenvalue weighted by Crippen LogP contribution is 2.35. The highest BCUT2D eigenvalue weighted by molar-refractivity contribution is 5.28. The van der Waals surface area contributed by atoms with Crippen LogP contribution >= 0.6 is 0 Å². The molecule has 2 aliphatic heterocycles. The van der Waals surface area contributed by atoms with E-state index in [1.807, 2.05) is 0 Å². The van der Waals surface area contributed by atoms with Crippen LogP contribution < -0.4 is 10.6 Å². The van der Waals surface area contributed by atoms with Gasteiger partial charge in [0, 0.05) is 19.0 Å². The smallest absolute Gasteiger partial charge is 0.242 e. The lowest BCUT2D eigenvalue weighted by atomic mass is 9.94. The maximum absolute atomic E-state index is 4.60. The van der Waals surface area contributed by atoms with E-state index >= 15 is 0 Å². The van der Waals surface area contributed by atoms with E-state index < -0.39 is 0 Å². The Morgan fingerprint density at radius 1 is 1.24 bits per heavy atom. The van der Waals surface area contributed by atoms with E-state index in [1.165, 1.54) is 19.3 Å². The average molecular weight is 233 g/mol. The van der Waals surface area contributed by atoms with Gasteiger partial charge < -0.3 is 10.6 Å². The average Bonchev–Trinajstić information content (AvgIpc) is 2.93. The molecule has 5 nitrogen and oxygen atoms in total. The number of piperidine rings is 1. The van der Waals surface area contributed by atoms with Crippen LogP contribution in [0.3, 0.4) is 0 Å². The first kappa shape index (κ1) is 9.88. The molecule has 2 fully saturated rings. The molecule has 3 aliphatic rings. The Hall–Kier alpha value is -1.10. The van der Waals surface area contributed by atoms with Crippen LogP contribution in [0.5, 0.6) is 0 Å². The Morgan fingerprint density at radius 3 is 2.82 bits per heavy atom. The molecular formula is C12H19N5. The van der Waals surface area contributed by atoms with Gasteiger partial charge >= 0.3 is 0 Å². The molecule has 4 rings (SSSR count). The molecule has 1 aliphatic carbocycles. The molecule has 0 aromatic carbocycles. The first-order chi connectivity index (χ1) is 8.40. The fraction of sp³-hybridized carbons (Fsp3) is 0.833. The van der Waals surface area contributed by atoms with Crippen molar-refractivity contribution >= 4 is 5.95 Å². The van der Waals surface area contributed by atoms with E-state index in [2.05, 4.69) is 25.4 Å². The Morgan fingerprint density at radius 2 is 2.06 bits per heavy atom. The van der Waals surface area contributed by atoms with Gasteiger partial charge in [0.05, 0.1) is 0 Å². The number of fused-ring (bicyclic) bond motifs is 3. The predicted octanol–water partition coefficient (Wildman–Crippen LogP) is 0.634. The van der Waals surface area contributed by atoms with Crippen LogP contribution in [0.1, 0.15) is 25.1 Å². The molecule has 2 bridgehead atoms. The molecule has 92 valence electrons. The predicted molar refractivity (Wildman–Crippen MR) is 64.8 cm³/mol. The Bertz CT molecular complexity index is 389.